The normalized spacial score (nSPS) is 20.7. The van der Waals surface area contributed by atoms with Crippen LogP contribution in [0.2, 0.25) is 0 Å². The summed E-state index contributed by atoms with van der Waals surface area (Å²) in [4.78, 5) is 11.9. The first-order valence-electron chi connectivity index (χ1n) is 9.36. The average Bonchev–Trinajstić information content (AvgIpc) is 2.62. The van der Waals surface area contributed by atoms with Gasteiger partial charge < -0.3 is 14.5 Å². The van der Waals surface area contributed by atoms with Gasteiger partial charge in [0.15, 0.2) is 5.69 Å². The third-order valence-corrected chi connectivity index (χ3v) is 5.29. The van der Waals surface area contributed by atoms with Crippen LogP contribution in [0.5, 0.6) is 0 Å². The summed E-state index contributed by atoms with van der Waals surface area (Å²) in [7, 11) is 0. The van der Waals surface area contributed by atoms with Crippen molar-refractivity contribution in [1.82, 2.24) is 14.9 Å². The monoisotopic (exact) mass is 408 g/mol. The molecule has 0 unspecified atom stereocenters. The van der Waals surface area contributed by atoms with Crippen molar-refractivity contribution >= 4 is 18.2 Å². The fraction of sp³-hybridized carbons (Fsp3) is 0.778. The Kier molecular flexibility index (Phi) is 7.71. The highest BCUT2D eigenvalue weighted by molar-refractivity contribution is 5.85. The Balaban J connectivity index is 0.00000261. The number of hydrogen-bond acceptors (Lipinski definition) is 5. The molecule has 154 valence electrons. The van der Waals surface area contributed by atoms with Gasteiger partial charge in [-0.05, 0) is 39.5 Å². The number of hydrogen-bond donors (Lipinski definition) is 0. The van der Waals surface area contributed by atoms with E-state index in [0.29, 0.717) is 18.0 Å². The molecule has 0 aliphatic carbocycles. The highest BCUT2D eigenvalue weighted by Gasteiger charge is 2.33. The Bertz CT molecular complexity index is 569. The van der Waals surface area contributed by atoms with E-state index in [1.807, 2.05) is 4.90 Å². The van der Waals surface area contributed by atoms with Crippen LogP contribution >= 0.6 is 12.4 Å². The summed E-state index contributed by atoms with van der Waals surface area (Å²) >= 11 is 0. The quantitative estimate of drug-likeness (QED) is 0.758. The Hall–Kier alpha value is -1.12. The van der Waals surface area contributed by atoms with Crippen molar-refractivity contribution in [3.63, 3.8) is 0 Å². The summed E-state index contributed by atoms with van der Waals surface area (Å²) in [6, 6.07) is 0.587. The molecule has 0 saturated carbocycles. The number of nitrogens with zero attached hydrogens (tertiary/aromatic N) is 4. The molecule has 5 nitrogen and oxygen atoms in total. The van der Waals surface area contributed by atoms with E-state index in [1.54, 1.807) is 0 Å². The molecule has 9 heteroatoms. The van der Waals surface area contributed by atoms with E-state index in [0.717, 1.165) is 58.1 Å². The predicted molar refractivity (Wildman–Crippen MR) is 100 cm³/mol. The third kappa shape index (κ3) is 5.93. The van der Waals surface area contributed by atoms with Gasteiger partial charge in [-0.3, -0.25) is 0 Å². The van der Waals surface area contributed by atoms with Gasteiger partial charge in [-0.2, -0.15) is 13.2 Å². The molecule has 0 amide bonds. The van der Waals surface area contributed by atoms with Gasteiger partial charge in [0.1, 0.15) is 5.82 Å². The Labute approximate surface area is 164 Å². The molecule has 0 N–H and O–H groups in total. The summed E-state index contributed by atoms with van der Waals surface area (Å²) in [5.41, 5.74) is -0.952. The van der Waals surface area contributed by atoms with Crippen LogP contribution < -0.4 is 4.90 Å². The van der Waals surface area contributed by atoms with Gasteiger partial charge in [0.05, 0.1) is 24.6 Å². The minimum absolute atomic E-state index is 0. The Morgan fingerprint density at radius 3 is 1.96 bits per heavy atom. The fourth-order valence-corrected chi connectivity index (χ4v) is 3.65. The molecule has 1 aromatic heterocycles. The molecule has 3 heterocycles. The summed E-state index contributed by atoms with van der Waals surface area (Å²) in [5.74, 6) is 0.502. The zero-order chi connectivity index (χ0) is 18.7. The molecule has 0 spiro atoms. The van der Waals surface area contributed by atoms with Crippen molar-refractivity contribution < 1.29 is 17.9 Å². The summed E-state index contributed by atoms with van der Waals surface area (Å²) in [5, 5.41) is 0. The second-order valence-electron chi connectivity index (χ2n) is 7.41. The van der Waals surface area contributed by atoms with Crippen LogP contribution in [0.25, 0.3) is 0 Å². The maximum absolute atomic E-state index is 12.6. The largest absolute Gasteiger partial charge is 0.434 e. The molecule has 2 aliphatic heterocycles. The zero-order valence-corrected chi connectivity index (χ0v) is 16.6. The van der Waals surface area contributed by atoms with Gasteiger partial charge in [-0.1, -0.05) is 0 Å². The third-order valence-electron chi connectivity index (χ3n) is 5.29. The smallest absolute Gasteiger partial charge is 0.375 e. The van der Waals surface area contributed by atoms with Gasteiger partial charge >= 0.3 is 6.18 Å². The highest BCUT2D eigenvalue weighted by atomic mass is 35.5. The zero-order valence-electron chi connectivity index (χ0n) is 15.8. The molecule has 0 bridgehead atoms. The van der Waals surface area contributed by atoms with Crippen LogP contribution in [0.15, 0.2) is 12.4 Å². The van der Waals surface area contributed by atoms with Gasteiger partial charge in [0.2, 0.25) is 0 Å². The number of rotatable bonds is 4. The predicted octanol–water partition coefficient (Wildman–Crippen LogP) is 3.78. The lowest BCUT2D eigenvalue weighted by atomic mass is 10.0. The van der Waals surface area contributed by atoms with Crippen molar-refractivity contribution in [1.29, 1.82) is 0 Å². The van der Waals surface area contributed by atoms with Gasteiger partial charge in [-0.25, -0.2) is 9.97 Å². The molecule has 1 aromatic rings. The van der Waals surface area contributed by atoms with Crippen molar-refractivity contribution in [3.05, 3.63) is 18.1 Å². The minimum Gasteiger partial charge on any atom is -0.375 e. The minimum atomic E-state index is -4.45. The molecule has 2 saturated heterocycles. The SMILES string of the molecule is CC(C)N1CCC(OC2CCN(c3cnc(C(F)(F)F)cn3)CC2)CC1.Cl. The van der Waals surface area contributed by atoms with Crippen LogP contribution in [-0.4, -0.2) is 59.3 Å². The van der Waals surface area contributed by atoms with E-state index in [2.05, 4.69) is 28.7 Å². The Morgan fingerprint density at radius 1 is 0.963 bits per heavy atom. The maximum atomic E-state index is 12.6. The molecule has 27 heavy (non-hydrogen) atoms. The van der Waals surface area contributed by atoms with E-state index >= 15 is 0 Å². The lowest BCUT2D eigenvalue weighted by molar-refractivity contribution is -0.141. The van der Waals surface area contributed by atoms with E-state index in [-0.39, 0.29) is 18.5 Å². The lowest BCUT2D eigenvalue weighted by Gasteiger charge is -2.38. The van der Waals surface area contributed by atoms with Crippen LogP contribution in [0.4, 0.5) is 19.0 Å². The van der Waals surface area contributed by atoms with E-state index in [4.69, 9.17) is 4.74 Å². The van der Waals surface area contributed by atoms with Gasteiger partial charge in [-0.15, -0.1) is 12.4 Å². The van der Waals surface area contributed by atoms with Gasteiger partial charge in [0.25, 0.3) is 0 Å². The number of aromatic nitrogens is 2. The van der Waals surface area contributed by atoms with Crippen molar-refractivity contribution in [3.8, 4) is 0 Å². The van der Waals surface area contributed by atoms with Gasteiger partial charge in [0, 0.05) is 32.2 Å². The van der Waals surface area contributed by atoms with Crippen LogP contribution in [-0.2, 0) is 10.9 Å². The first-order chi connectivity index (χ1) is 12.3. The van der Waals surface area contributed by atoms with E-state index in [1.165, 1.54) is 6.20 Å². The number of likely N-dealkylation sites (tertiary alicyclic amines) is 1. The maximum Gasteiger partial charge on any atom is 0.434 e. The number of anilines is 1. The fourth-order valence-electron chi connectivity index (χ4n) is 3.65. The van der Waals surface area contributed by atoms with Crippen molar-refractivity contribution in [2.24, 2.45) is 0 Å². The van der Waals surface area contributed by atoms with E-state index in [9.17, 15) is 13.2 Å². The van der Waals surface area contributed by atoms with E-state index < -0.39 is 11.9 Å². The molecule has 2 aliphatic rings. The number of alkyl halides is 3. The van der Waals surface area contributed by atoms with Crippen molar-refractivity contribution in [2.75, 3.05) is 31.1 Å². The summed E-state index contributed by atoms with van der Waals surface area (Å²) in [6.07, 6.45) is 2.01. The molecule has 2 fully saturated rings. The first-order valence-corrected chi connectivity index (χ1v) is 9.36. The second-order valence-corrected chi connectivity index (χ2v) is 7.41. The highest BCUT2D eigenvalue weighted by Crippen LogP contribution is 2.28. The van der Waals surface area contributed by atoms with Crippen LogP contribution in [0.1, 0.15) is 45.2 Å². The topological polar surface area (TPSA) is 41.5 Å². The molecule has 0 radical (unpaired) electrons. The first kappa shape index (κ1) is 22.2. The summed E-state index contributed by atoms with van der Waals surface area (Å²) < 4.78 is 44.0. The van der Waals surface area contributed by atoms with Crippen LogP contribution in [0, 0.1) is 0 Å². The standard InChI is InChI=1S/C18H27F3N4O.ClH/c1-13(2)24-7-3-14(4-8-24)26-15-5-9-25(10-6-15)17-12-22-16(11-23-17)18(19,20)21;/h11-15H,3-10H2,1-2H3;1H. The lowest BCUT2D eigenvalue weighted by Crippen LogP contribution is -2.44. The average molecular weight is 409 g/mol. The molecule has 0 atom stereocenters. The second kappa shape index (κ2) is 9.39. The molecular weight excluding hydrogens is 381 g/mol. The number of halogens is 4. The molecule has 3 rings (SSSR count). The molecular formula is C18H28ClF3N4O. The number of ether oxygens (including phenoxy) is 1. The Morgan fingerprint density at radius 2 is 1.52 bits per heavy atom. The molecule has 0 aromatic carbocycles. The number of piperidine rings is 2. The summed E-state index contributed by atoms with van der Waals surface area (Å²) in [6.45, 7) is 8.08. The van der Waals surface area contributed by atoms with Crippen molar-refractivity contribution in [2.45, 2.75) is 64.0 Å². The van der Waals surface area contributed by atoms with Crippen LogP contribution in [0.3, 0.4) is 0 Å².